The van der Waals surface area contributed by atoms with Gasteiger partial charge in [0, 0.05) is 0 Å². The molecule has 0 bridgehead atoms. The zero-order valence-electron chi connectivity index (χ0n) is 11.2. The van der Waals surface area contributed by atoms with Crippen LogP contribution in [0.25, 0.3) is 11.0 Å². The van der Waals surface area contributed by atoms with E-state index in [9.17, 15) is 21.6 Å². The molecule has 0 saturated carbocycles. The summed E-state index contributed by atoms with van der Waals surface area (Å²) in [5.41, 5.74) is -0.388. The van der Waals surface area contributed by atoms with Crippen molar-refractivity contribution in [1.29, 1.82) is 0 Å². The van der Waals surface area contributed by atoms with Gasteiger partial charge in [0.05, 0.1) is 0 Å². The second kappa shape index (κ2) is 5.63. The molecule has 0 fully saturated rings. The second-order valence-electron chi connectivity index (χ2n) is 4.57. The zero-order valence-corrected chi connectivity index (χ0v) is 13.7. The topological polar surface area (TPSA) is 72.0 Å². The summed E-state index contributed by atoms with van der Waals surface area (Å²) in [7, 11) is -4.06. The molecule has 0 unspecified atom stereocenters. The van der Waals surface area contributed by atoms with Gasteiger partial charge in [0.25, 0.3) is 0 Å². The molecule has 23 heavy (non-hydrogen) atoms. The van der Waals surface area contributed by atoms with Crippen molar-refractivity contribution in [2.45, 2.75) is 11.1 Å². The van der Waals surface area contributed by atoms with Crippen LogP contribution in [0.1, 0.15) is 5.56 Å². The van der Waals surface area contributed by atoms with Crippen molar-refractivity contribution >= 4 is 41.7 Å². The van der Waals surface area contributed by atoms with Crippen LogP contribution in [0.2, 0.25) is 0 Å². The number of benzene rings is 2. The molecule has 1 aromatic heterocycles. The van der Waals surface area contributed by atoms with Gasteiger partial charge in [-0.2, -0.15) is 0 Å². The first kappa shape index (κ1) is 16.0. The summed E-state index contributed by atoms with van der Waals surface area (Å²) in [5, 5.41) is 0. The van der Waals surface area contributed by atoms with E-state index in [1.54, 1.807) is 6.07 Å². The molecule has 0 aliphatic rings. The van der Waals surface area contributed by atoms with E-state index in [2.05, 4.69) is 12.7 Å². The summed E-state index contributed by atoms with van der Waals surface area (Å²) in [6.45, 7) is 0. The molecule has 0 amide bonds. The quantitative estimate of drug-likeness (QED) is 0.679. The Balaban J connectivity index is 2.01. The summed E-state index contributed by atoms with van der Waals surface area (Å²) < 4.78 is 73.3. The van der Waals surface area contributed by atoms with Crippen molar-refractivity contribution in [3.63, 3.8) is 0 Å². The molecule has 0 radical (unpaired) electrons. The third kappa shape index (κ3) is 3.24. The Kier molecular flexibility index (Phi) is 3.91. The molecule has 120 valence electrons. The molecule has 0 aliphatic carbocycles. The van der Waals surface area contributed by atoms with Gasteiger partial charge < -0.3 is 0 Å². The summed E-state index contributed by atoms with van der Waals surface area (Å²) in [4.78, 5) is -0.101. The molecule has 3 rings (SSSR count). The number of nitrogens with zero attached hydrogens (tertiary/aromatic N) is 2. The third-order valence-corrected chi connectivity index (χ3v) is 5.53. The van der Waals surface area contributed by atoms with Gasteiger partial charge >= 0.3 is 135 Å². The first-order valence-corrected chi connectivity index (χ1v) is 9.20. The van der Waals surface area contributed by atoms with Gasteiger partial charge in [0.1, 0.15) is 0 Å². The van der Waals surface area contributed by atoms with Crippen LogP contribution in [-0.2, 0) is 16.2 Å². The summed E-state index contributed by atoms with van der Waals surface area (Å²) >= 11 is -0.413. The van der Waals surface area contributed by atoms with Gasteiger partial charge in [-0.05, 0) is 0 Å². The number of fused-ring (bicyclic) bond motifs is 1. The summed E-state index contributed by atoms with van der Waals surface area (Å²) in [6.07, 6.45) is -4.55. The fourth-order valence-corrected chi connectivity index (χ4v) is 4.46. The number of hydrogen-bond acceptors (Lipinski definition) is 4. The van der Waals surface area contributed by atoms with Crippen LogP contribution in [0.4, 0.5) is 18.9 Å². The Morgan fingerprint density at radius 1 is 1.04 bits per heavy atom. The van der Waals surface area contributed by atoms with Crippen LogP contribution in [0, 0.1) is 0 Å². The Morgan fingerprint density at radius 2 is 1.78 bits per heavy atom. The van der Waals surface area contributed by atoms with E-state index in [4.69, 9.17) is 0 Å². The summed E-state index contributed by atoms with van der Waals surface area (Å²) in [5.74, 6) is 0. The van der Waals surface area contributed by atoms with Crippen LogP contribution in [0.15, 0.2) is 47.4 Å². The van der Waals surface area contributed by atoms with Gasteiger partial charge in [-0.3, -0.25) is 0 Å². The minimum atomic E-state index is -4.55. The number of hydrogen-bond donors (Lipinski definition) is 1. The number of alkyl halides is 3. The van der Waals surface area contributed by atoms with Gasteiger partial charge in [0.2, 0.25) is 0 Å². The van der Waals surface area contributed by atoms with Crippen LogP contribution in [0.5, 0.6) is 0 Å². The van der Waals surface area contributed by atoms with Gasteiger partial charge in [-0.1, -0.05) is 0 Å². The van der Waals surface area contributed by atoms with E-state index in [1.807, 2.05) is 0 Å². The minimum absolute atomic E-state index is 0.101. The molecule has 0 saturated heterocycles. The number of anilines is 1. The number of rotatable bonds is 3. The Hall–Kier alpha value is -1.90. The fourth-order valence-electron chi connectivity index (χ4n) is 1.97. The molecular formula is C13H8F3N3O2SSe. The monoisotopic (exact) mass is 407 g/mol. The molecule has 0 spiro atoms. The van der Waals surface area contributed by atoms with Crippen molar-refractivity contribution in [2.24, 2.45) is 0 Å². The number of aromatic nitrogens is 2. The normalized spacial score (nSPS) is 12.5. The average molecular weight is 406 g/mol. The van der Waals surface area contributed by atoms with Gasteiger partial charge in [-0.25, -0.2) is 0 Å². The van der Waals surface area contributed by atoms with Gasteiger partial charge in [-0.15, -0.1) is 0 Å². The molecule has 0 atom stereocenters. The third-order valence-electron chi connectivity index (χ3n) is 2.98. The zero-order chi connectivity index (χ0) is 16.7. The maximum absolute atomic E-state index is 12.7. The molecular weight excluding hydrogens is 398 g/mol. The predicted molar refractivity (Wildman–Crippen MR) is 78.7 cm³/mol. The van der Waals surface area contributed by atoms with Crippen molar-refractivity contribution < 1.29 is 21.6 Å². The van der Waals surface area contributed by atoms with Crippen LogP contribution in [-0.4, -0.2) is 31.3 Å². The molecule has 1 heterocycles. The Bertz CT molecular complexity index is 970. The van der Waals surface area contributed by atoms with E-state index < -0.39 is 36.7 Å². The molecule has 5 nitrogen and oxygen atoms in total. The van der Waals surface area contributed by atoms with Crippen molar-refractivity contribution in [1.82, 2.24) is 7.96 Å². The van der Waals surface area contributed by atoms with E-state index in [0.717, 1.165) is 18.2 Å². The summed E-state index contributed by atoms with van der Waals surface area (Å²) in [6, 6.07) is 8.49. The standard InChI is InChI=1S/C13H8F3N3O2SSe/c14-13(15,16)8-3-1-4-9(7-8)17-22(20,21)11-6-2-5-10-12(11)19-23-18-10/h1-7,17H. The Labute approximate surface area is 135 Å². The van der Waals surface area contributed by atoms with Gasteiger partial charge in [0.15, 0.2) is 0 Å². The number of nitrogens with one attached hydrogen (secondary N) is 1. The number of halogens is 3. The van der Waals surface area contributed by atoms with Crippen LogP contribution in [0.3, 0.4) is 0 Å². The molecule has 10 heteroatoms. The maximum atomic E-state index is 12.7. The number of sulfonamides is 1. The van der Waals surface area contributed by atoms with Crippen LogP contribution >= 0.6 is 0 Å². The van der Waals surface area contributed by atoms with Crippen molar-refractivity contribution in [3.05, 3.63) is 48.0 Å². The molecule has 0 aliphatic heterocycles. The van der Waals surface area contributed by atoms with Crippen LogP contribution < -0.4 is 4.72 Å². The SMILES string of the molecule is O=S(=O)(Nc1cccc(C(F)(F)F)c1)c1cccc2n[se]nc12. The molecule has 2 aromatic carbocycles. The molecule has 3 aromatic rings. The van der Waals surface area contributed by atoms with E-state index >= 15 is 0 Å². The average Bonchev–Trinajstić information content (AvgIpc) is 2.94. The second-order valence-corrected chi connectivity index (χ2v) is 7.33. The van der Waals surface area contributed by atoms with E-state index in [0.29, 0.717) is 5.52 Å². The van der Waals surface area contributed by atoms with Crippen molar-refractivity contribution in [2.75, 3.05) is 4.72 Å². The van der Waals surface area contributed by atoms with E-state index in [1.165, 1.54) is 18.2 Å². The fraction of sp³-hybridized carbons (Fsp3) is 0.0769. The predicted octanol–water partition coefficient (Wildman–Crippen LogP) is 2.51. The first-order chi connectivity index (χ1) is 10.8. The van der Waals surface area contributed by atoms with E-state index in [-0.39, 0.29) is 16.1 Å². The molecule has 1 N–H and O–H groups in total. The van der Waals surface area contributed by atoms with Crippen molar-refractivity contribution in [3.8, 4) is 0 Å². The Morgan fingerprint density at radius 3 is 2.52 bits per heavy atom. The first-order valence-electron chi connectivity index (χ1n) is 6.19.